The Hall–Kier alpha value is -2.04. The summed E-state index contributed by atoms with van der Waals surface area (Å²) in [4.78, 5) is 15.2. The van der Waals surface area contributed by atoms with Crippen molar-refractivity contribution in [3.05, 3.63) is 69.7 Å². The molecule has 1 aliphatic rings. The monoisotopic (exact) mass is 456 g/mol. The van der Waals surface area contributed by atoms with Crippen LogP contribution >= 0.6 is 27.5 Å². The number of carbonyl (C=O) groups excluding carboxylic acids is 1. The van der Waals surface area contributed by atoms with Crippen LogP contribution in [0.4, 0.5) is 11.4 Å². The van der Waals surface area contributed by atoms with E-state index in [4.69, 9.17) is 11.6 Å². The maximum atomic E-state index is 12.9. The molecule has 1 aliphatic heterocycles. The molecule has 0 saturated carbocycles. The summed E-state index contributed by atoms with van der Waals surface area (Å²) in [6.07, 6.45) is 2.37. The number of fused-ring (bicyclic) bond motifs is 1. The highest BCUT2D eigenvalue weighted by molar-refractivity contribution is 9.10. The smallest absolute Gasteiger partial charge is 0.256 e. The van der Waals surface area contributed by atoms with Crippen LogP contribution in [-0.4, -0.2) is 19.0 Å². The zero-order valence-corrected chi connectivity index (χ0v) is 18.1. The van der Waals surface area contributed by atoms with Gasteiger partial charge in [-0.3, -0.25) is 4.79 Å². The molecule has 0 aromatic heterocycles. The van der Waals surface area contributed by atoms with E-state index in [1.165, 1.54) is 12.8 Å². The molecule has 3 aromatic carbocycles. The molecule has 0 aliphatic carbocycles. The summed E-state index contributed by atoms with van der Waals surface area (Å²) in [6.45, 7) is 4.35. The third-order valence-electron chi connectivity index (χ3n) is 5.44. The highest BCUT2D eigenvalue weighted by Crippen LogP contribution is 2.32. The third kappa shape index (κ3) is 3.89. The van der Waals surface area contributed by atoms with E-state index in [0.717, 1.165) is 39.9 Å². The molecule has 0 spiro atoms. The van der Waals surface area contributed by atoms with Gasteiger partial charge in [-0.2, -0.15) is 0 Å². The zero-order chi connectivity index (χ0) is 19.7. The maximum absolute atomic E-state index is 12.9. The number of nitrogens with one attached hydrogen (secondary N) is 1. The highest BCUT2D eigenvalue weighted by Gasteiger charge is 2.18. The number of carbonyl (C=O) groups is 1. The number of rotatable bonds is 3. The van der Waals surface area contributed by atoms with Gasteiger partial charge in [0, 0.05) is 28.8 Å². The number of piperidine rings is 1. The minimum atomic E-state index is -0.140. The van der Waals surface area contributed by atoms with E-state index < -0.39 is 0 Å². The quantitative estimate of drug-likeness (QED) is 0.472. The second-order valence-electron chi connectivity index (χ2n) is 7.43. The molecule has 144 valence electrons. The van der Waals surface area contributed by atoms with Gasteiger partial charge in [-0.25, -0.2) is 0 Å². The predicted molar refractivity (Wildman–Crippen MR) is 122 cm³/mol. The normalized spacial score (nSPS) is 15.0. The van der Waals surface area contributed by atoms with E-state index in [1.54, 1.807) is 0 Å². The van der Waals surface area contributed by atoms with Crippen molar-refractivity contribution < 1.29 is 4.79 Å². The summed E-state index contributed by atoms with van der Waals surface area (Å²) in [5.74, 6) is 0.633. The second-order valence-corrected chi connectivity index (χ2v) is 8.69. The Morgan fingerprint density at radius 1 is 1.07 bits per heavy atom. The van der Waals surface area contributed by atoms with Crippen LogP contribution in [0.15, 0.2) is 59.1 Å². The van der Waals surface area contributed by atoms with Crippen molar-refractivity contribution >= 4 is 55.6 Å². The highest BCUT2D eigenvalue weighted by atomic mass is 79.9. The van der Waals surface area contributed by atoms with Gasteiger partial charge in [-0.1, -0.05) is 58.7 Å². The first-order chi connectivity index (χ1) is 13.5. The van der Waals surface area contributed by atoms with Crippen LogP contribution in [0, 0.1) is 5.92 Å². The first-order valence-electron chi connectivity index (χ1n) is 9.56. The van der Waals surface area contributed by atoms with Crippen LogP contribution in [0.25, 0.3) is 10.8 Å². The van der Waals surface area contributed by atoms with Crippen LogP contribution in [0.5, 0.6) is 0 Å². The van der Waals surface area contributed by atoms with Crippen molar-refractivity contribution in [3.8, 4) is 0 Å². The van der Waals surface area contributed by atoms with Crippen LogP contribution < -0.4 is 10.2 Å². The topological polar surface area (TPSA) is 32.3 Å². The van der Waals surface area contributed by atoms with Gasteiger partial charge < -0.3 is 10.2 Å². The lowest BCUT2D eigenvalue weighted by Gasteiger charge is -2.32. The van der Waals surface area contributed by atoms with Crippen molar-refractivity contribution in [3.63, 3.8) is 0 Å². The molecule has 4 rings (SSSR count). The number of nitrogens with zero attached hydrogens (tertiary/aromatic N) is 1. The molecule has 28 heavy (non-hydrogen) atoms. The number of anilines is 2. The maximum Gasteiger partial charge on any atom is 0.256 e. The molecule has 5 heteroatoms. The molecular formula is C23H22BrClN2O. The molecule has 0 radical (unpaired) electrons. The van der Waals surface area contributed by atoms with Gasteiger partial charge in [0.05, 0.1) is 10.7 Å². The Kier molecular flexibility index (Phi) is 5.61. The summed E-state index contributed by atoms with van der Waals surface area (Å²) < 4.78 is 0.975. The van der Waals surface area contributed by atoms with Gasteiger partial charge in [0.2, 0.25) is 0 Å². The molecule has 1 saturated heterocycles. The summed E-state index contributed by atoms with van der Waals surface area (Å²) in [5.41, 5.74) is 2.39. The lowest BCUT2D eigenvalue weighted by molar-refractivity contribution is 0.102. The molecule has 0 bridgehead atoms. The van der Waals surface area contributed by atoms with Crippen molar-refractivity contribution in [2.75, 3.05) is 23.3 Å². The Morgan fingerprint density at radius 2 is 1.79 bits per heavy atom. The number of amides is 1. The lowest BCUT2D eigenvalue weighted by atomic mass is 9.99. The Balaban J connectivity index is 1.56. The number of halogens is 2. The SMILES string of the molecule is CC1CCN(c2ccc(NC(=O)c3cccc4c(Br)cccc34)cc2Cl)CC1. The van der Waals surface area contributed by atoms with E-state index in [0.29, 0.717) is 16.3 Å². The van der Waals surface area contributed by atoms with E-state index in [9.17, 15) is 4.79 Å². The lowest BCUT2D eigenvalue weighted by Crippen LogP contribution is -2.32. The second kappa shape index (κ2) is 8.14. The van der Waals surface area contributed by atoms with E-state index in [1.807, 2.05) is 54.6 Å². The predicted octanol–water partition coefficient (Wildman–Crippen LogP) is 6.74. The van der Waals surface area contributed by atoms with Crippen LogP contribution in [0.1, 0.15) is 30.1 Å². The molecule has 3 aromatic rings. The van der Waals surface area contributed by atoms with Gasteiger partial charge >= 0.3 is 0 Å². The van der Waals surface area contributed by atoms with E-state index in [-0.39, 0.29) is 5.91 Å². The van der Waals surface area contributed by atoms with Gasteiger partial charge in [0.15, 0.2) is 0 Å². The average molecular weight is 458 g/mol. The van der Waals surface area contributed by atoms with Crippen molar-refractivity contribution in [2.24, 2.45) is 5.92 Å². The molecule has 0 unspecified atom stereocenters. The molecule has 1 amide bonds. The fourth-order valence-electron chi connectivity index (χ4n) is 3.76. The number of benzene rings is 3. The molecular weight excluding hydrogens is 436 g/mol. The van der Waals surface area contributed by atoms with Gasteiger partial charge in [-0.05, 0) is 59.9 Å². The minimum absolute atomic E-state index is 0.140. The summed E-state index contributed by atoms with van der Waals surface area (Å²) in [6, 6.07) is 17.4. The standard InChI is InChI=1S/C23H22BrClN2O/c1-15-10-12-27(13-11-15)22-9-8-16(14-21(22)25)26-23(28)19-6-2-5-18-17(19)4-3-7-20(18)24/h2-9,14-15H,10-13H2,1H3,(H,26,28). The summed E-state index contributed by atoms with van der Waals surface area (Å²) >= 11 is 10.1. The molecule has 1 N–H and O–H groups in total. The Morgan fingerprint density at radius 3 is 2.54 bits per heavy atom. The van der Waals surface area contributed by atoms with Crippen LogP contribution in [0.3, 0.4) is 0 Å². The van der Waals surface area contributed by atoms with Crippen LogP contribution in [-0.2, 0) is 0 Å². The van der Waals surface area contributed by atoms with Crippen LogP contribution in [0.2, 0.25) is 5.02 Å². The molecule has 3 nitrogen and oxygen atoms in total. The average Bonchev–Trinajstić information content (AvgIpc) is 2.69. The molecule has 1 heterocycles. The third-order valence-corrected chi connectivity index (χ3v) is 6.44. The zero-order valence-electron chi connectivity index (χ0n) is 15.7. The van der Waals surface area contributed by atoms with Crippen molar-refractivity contribution in [2.45, 2.75) is 19.8 Å². The molecule has 1 fully saturated rings. The van der Waals surface area contributed by atoms with Gasteiger partial charge in [0.1, 0.15) is 0 Å². The largest absolute Gasteiger partial charge is 0.370 e. The van der Waals surface area contributed by atoms with E-state index >= 15 is 0 Å². The first-order valence-corrected chi connectivity index (χ1v) is 10.7. The summed E-state index contributed by atoms with van der Waals surface area (Å²) in [7, 11) is 0. The Bertz CT molecular complexity index is 1030. The fraction of sp³-hybridized carbons (Fsp3) is 0.261. The number of hydrogen-bond donors (Lipinski definition) is 1. The van der Waals surface area contributed by atoms with Crippen molar-refractivity contribution in [1.29, 1.82) is 0 Å². The van der Waals surface area contributed by atoms with Gasteiger partial charge in [0.25, 0.3) is 5.91 Å². The Labute approximate surface area is 178 Å². The van der Waals surface area contributed by atoms with Gasteiger partial charge in [-0.15, -0.1) is 0 Å². The number of hydrogen-bond acceptors (Lipinski definition) is 2. The summed E-state index contributed by atoms with van der Waals surface area (Å²) in [5, 5.41) is 5.60. The minimum Gasteiger partial charge on any atom is -0.370 e. The first kappa shape index (κ1) is 19.3. The van der Waals surface area contributed by atoms with E-state index in [2.05, 4.69) is 33.1 Å². The van der Waals surface area contributed by atoms with Crippen molar-refractivity contribution in [1.82, 2.24) is 0 Å². The molecule has 0 atom stereocenters. The fourth-order valence-corrected chi connectivity index (χ4v) is 4.56.